The number of nitrogens with one attached hydrogen (secondary N) is 1. The number of likely N-dealkylation sites (N-methyl/N-ethyl adjacent to an activating group) is 1. The van der Waals surface area contributed by atoms with Crippen molar-refractivity contribution in [3.05, 3.63) is 63.1 Å². The fourth-order valence-corrected chi connectivity index (χ4v) is 2.96. The van der Waals surface area contributed by atoms with E-state index in [9.17, 15) is 9.59 Å². The summed E-state index contributed by atoms with van der Waals surface area (Å²) in [4.78, 5) is 25.7. The van der Waals surface area contributed by atoms with Crippen molar-refractivity contribution in [2.75, 3.05) is 18.9 Å². The van der Waals surface area contributed by atoms with Crippen LogP contribution in [0.3, 0.4) is 0 Å². The van der Waals surface area contributed by atoms with E-state index in [1.165, 1.54) is 4.90 Å². The summed E-state index contributed by atoms with van der Waals surface area (Å²) in [5.74, 6) is -0.524. The summed E-state index contributed by atoms with van der Waals surface area (Å²) in [5.41, 5.74) is 1.24. The first-order chi connectivity index (χ1) is 11.9. The van der Waals surface area contributed by atoms with Gasteiger partial charge in [0.05, 0.1) is 22.3 Å². The number of aryl methyl sites for hydroxylation is 1. The molecule has 132 valence electrons. The number of para-hydroxylation sites is 1. The Labute approximate surface area is 161 Å². The number of benzene rings is 2. The van der Waals surface area contributed by atoms with E-state index in [0.29, 0.717) is 27.2 Å². The molecular formula is C18H17Cl3N2O2. The van der Waals surface area contributed by atoms with Crippen molar-refractivity contribution in [3.8, 4) is 0 Å². The molecule has 0 spiro atoms. The van der Waals surface area contributed by atoms with Gasteiger partial charge in [-0.15, -0.1) is 0 Å². The number of nitrogens with zero attached hydrogens (tertiary/aromatic N) is 1. The Morgan fingerprint density at radius 3 is 2.20 bits per heavy atom. The Morgan fingerprint density at radius 1 is 0.960 bits per heavy atom. The maximum atomic E-state index is 12.2. The smallest absolute Gasteiger partial charge is 0.244 e. The number of hydrogen-bond acceptors (Lipinski definition) is 2. The Hall–Kier alpha value is -1.75. The minimum Gasteiger partial charge on any atom is -0.336 e. The van der Waals surface area contributed by atoms with Crippen LogP contribution in [-0.2, 0) is 16.0 Å². The summed E-state index contributed by atoms with van der Waals surface area (Å²) in [6, 6.07) is 12.3. The minimum atomic E-state index is -0.372. The summed E-state index contributed by atoms with van der Waals surface area (Å²) in [6.45, 7) is -0.0943. The Kier molecular flexibility index (Phi) is 7.12. The molecule has 2 aromatic rings. The zero-order chi connectivity index (χ0) is 18.4. The standard InChI is InChI=1S/C18H17Cl3N2O2/c1-23(17(25)10-9-12-5-2-3-6-13(12)19)11-16(24)22-18-14(20)7-4-8-15(18)21/h2-8H,9-11H2,1H3,(H,22,24). The van der Waals surface area contributed by atoms with Crippen molar-refractivity contribution in [1.82, 2.24) is 4.90 Å². The highest BCUT2D eigenvalue weighted by atomic mass is 35.5. The van der Waals surface area contributed by atoms with Gasteiger partial charge in [0.25, 0.3) is 0 Å². The van der Waals surface area contributed by atoms with E-state index < -0.39 is 0 Å². The van der Waals surface area contributed by atoms with Gasteiger partial charge in [0, 0.05) is 18.5 Å². The largest absolute Gasteiger partial charge is 0.336 e. The molecule has 7 heteroatoms. The van der Waals surface area contributed by atoms with E-state index >= 15 is 0 Å². The third kappa shape index (κ3) is 5.63. The highest BCUT2D eigenvalue weighted by molar-refractivity contribution is 6.39. The SMILES string of the molecule is CN(CC(=O)Nc1c(Cl)cccc1Cl)C(=O)CCc1ccccc1Cl. The molecule has 0 aliphatic rings. The summed E-state index contributed by atoms with van der Waals surface area (Å²) in [6.07, 6.45) is 0.779. The minimum absolute atomic E-state index is 0.0943. The maximum Gasteiger partial charge on any atom is 0.244 e. The third-order valence-corrected chi connectivity index (χ3v) is 4.60. The highest BCUT2D eigenvalue weighted by Gasteiger charge is 2.15. The van der Waals surface area contributed by atoms with Crippen LogP contribution in [0.1, 0.15) is 12.0 Å². The van der Waals surface area contributed by atoms with E-state index in [1.54, 1.807) is 31.3 Å². The number of anilines is 1. The fourth-order valence-electron chi connectivity index (χ4n) is 2.23. The fraction of sp³-hybridized carbons (Fsp3) is 0.222. The monoisotopic (exact) mass is 398 g/mol. The summed E-state index contributed by atoms with van der Waals surface area (Å²) >= 11 is 18.1. The second-order valence-corrected chi connectivity index (χ2v) is 6.71. The second-order valence-electron chi connectivity index (χ2n) is 5.49. The van der Waals surface area contributed by atoms with Crippen LogP contribution in [-0.4, -0.2) is 30.3 Å². The topological polar surface area (TPSA) is 49.4 Å². The first-order valence-corrected chi connectivity index (χ1v) is 8.73. The van der Waals surface area contributed by atoms with E-state index in [2.05, 4.69) is 5.32 Å². The molecule has 1 N–H and O–H groups in total. The lowest BCUT2D eigenvalue weighted by molar-refractivity contribution is -0.133. The van der Waals surface area contributed by atoms with E-state index in [-0.39, 0.29) is 24.8 Å². The van der Waals surface area contributed by atoms with Gasteiger partial charge in [0.15, 0.2) is 0 Å². The molecule has 0 fully saturated rings. The van der Waals surface area contributed by atoms with Crippen molar-refractivity contribution in [2.24, 2.45) is 0 Å². The van der Waals surface area contributed by atoms with Crippen LogP contribution in [0.4, 0.5) is 5.69 Å². The molecule has 0 radical (unpaired) electrons. The zero-order valence-corrected chi connectivity index (χ0v) is 15.8. The van der Waals surface area contributed by atoms with Gasteiger partial charge in [-0.05, 0) is 30.2 Å². The van der Waals surface area contributed by atoms with Gasteiger partial charge in [0.2, 0.25) is 11.8 Å². The van der Waals surface area contributed by atoms with Crippen molar-refractivity contribution >= 4 is 52.3 Å². The van der Waals surface area contributed by atoms with Crippen LogP contribution in [0.5, 0.6) is 0 Å². The molecule has 0 aromatic heterocycles. The van der Waals surface area contributed by atoms with Crippen LogP contribution >= 0.6 is 34.8 Å². The molecule has 0 aliphatic carbocycles. The Bertz CT molecular complexity index is 760. The summed E-state index contributed by atoms with van der Waals surface area (Å²) < 4.78 is 0. The number of carbonyl (C=O) groups excluding carboxylic acids is 2. The molecule has 2 rings (SSSR count). The van der Waals surface area contributed by atoms with Gasteiger partial charge in [-0.1, -0.05) is 59.1 Å². The van der Waals surface area contributed by atoms with Gasteiger partial charge < -0.3 is 10.2 Å². The van der Waals surface area contributed by atoms with Gasteiger partial charge >= 0.3 is 0 Å². The average molecular weight is 400 g/mol. The summed E-state index contributed by atoms with van der Waals surface area (Å²) in [5, 5.41) is 3.94. The Balaban J connectivity index is 1.88. The highest BCUT2D eigenvalue weighted by Crippen LogP contribution is 2.29. The number of halogens is 3. The van der Waals surface area contributed by atoms with Crippen LogP contribution in [0.2, 0.25) is 15.1 Å². The van der Waals surface area contributed by atoms with Crippen LogP contribution in [0.15, 0.2) is 42.5 Å². The molecule has 0 saturated carbocycles. The molecule has 0 atom stereocenters. The van der Waals surface area contributed by atoms with E-state index in [4.69, 9.17) is 34.8 Å². The lowest BCUT2D eigenvalue weighted by atomic mass is 10.1. The molecule has 25 heavy (non-hydrogen) atoms. The van der Waals surface area contributed by atoms with Gasteiger partial charge in [-0.2, -0.15) is 0 Å². The normalized spacial score (nSPS) is 10.4. The molecular weight excluding hydrogens is 383 g/mol. The summed E-state index contributed by atoms with van der Waals surface area (Å²) in [7, 11) is 1.57. The van der Waals surface area contributed by atoms with E-state index in [1.807, 2.05) is 18.2 Å². The molecule has 0 unspecified atom stereocenters. The predicted octanol–water partition coefficient (Wildman–Crippen LogP) is 4.68. The molecule has 0 aliphatic heterocycles. The predicted molar refractivity (Wildman–Crippen MR) is 103 cm³/mol. The molecule has 2 amide bonds. The van der Waals surface area contributed by atoms with Crippen LogP contribution in [0.25, 0.3) is 0 Å². The van der Waals surface area contributed by atoms with E-state index in [0.717, 1.165) is 5.56 Å². The van der Waals surface area contributed by atoms with Crippen molar-refractivity contribution in [1.29, 1.82) is 0 Å². The lowest BCUT2D eigenvalue weighted by Gasteiger charge is -2.17. The quantitative estimate of drug-likeness (QED) is 0.767. The first kappa shape index (κ1) is 19.6. The molecule has 0 heterocycles. The number of amides is 2. The van der Waals surface area contributed by atoms with Crippen molar-refractivity contribution < 1.29 is 9.59 Å². The number of rotatable bonds is 6. The number of hydrogen-bond donors (Lipinski definition) is 1. The van der Waals surface area contributed by atoms with Crippen molar-refractivity contribution in [2.45, 2.75) is 12.8 Å². The number of carbonyl (C=O) groups is 2. The molecule has 0 bridgehead atoms. The second kappa shape index (κ2) is 9.09. The first-order valence-electron chi connectivity index (χ1n) is 7.59. The van der Waals surface area contributed by atoms with Crippen molar-refractivity contribution in [3.63, 3.8) is 0 Å². The van der Waals surface area contributed by atoms with Gasteiger partial charge in [-0.3, -0.25) is 9.59 Å². The molecule has 4 nitrogen and oxygen atoms in total. The molecule has 0 saturated heterocycles. The third-order valence-electron chi connectivity index (χ3n) is 3.60. The maximum absolute atomic E-state index is 12.2. The molecule has 2 aromatic carbocycles. The van der Waals surface area contributed by atoms with Crippen LogP contribution < -0.4 is 5.32 Å². The van der Waals surface area contributed by atoms with Crippen LogP contribution in [0, 0.1) is 0 Å². The lowest BCUT2D eigenvalue weighted by Crippen LogP contribution is -2.35. The van der Waals surface area contributed by atoms with Gasteiger partial charge in [0.1, 0.15) is 0 Å². The zero-order valence-electron chi connectivity index (χ0n) is 13.6. The average Bonchev–Trinajstić information content (AvgIpc) is 2.57. The Morgan fingerprint density at radius 2 is 1.56 bits per heavy atom. The van der Waals surface area contributed by atoms with Gasteiger partial charge in [-0.25, -0.2) is 0 Å².